The Hall–Kier alpha value is -0.200. The first kappa shape index (κ1) is 34.1. The SMILES string of the molecule is C1CCC(N(C2CCCC(C34CCC(C5CCNC6CCCNC65)(C3)C4)C2)C2CCCC(C34CCC(C5CCNC6CCCNC65)(C3)C4)C2)CC1. The summed E-state index contributed by atoms with van der Waals surface area (Å²) in [6.45, 7) is 5.10. The largest absolute Gasteiger partial charge is 0.312 e. The fourth-order valence-corrected chi connectivity index (χ4v) is 18.3. The lowest BCUT2D eigenvalue weighted by atomic mass is 9.47. The van der Waals surface area contributed by atoms with Crippen LogP contribution in [0, 0.1) is 45.3 Å². The number of fused-ring (bicyclic) bond motifs is 4. The minimum absolute atomic E-state index is 0.697. The van der Waals surface area contributed by atoms with E-state index in [0.29, 0.717) is 10.8 Å². The molecule has 4 aliphatic heterocycles. The second-order valence-electron chi connectivity index (χ2n) is 22.1. The van der Waals surface area contributed by atoms with Crippen molar-refractivity contribution in [2.45, 2.75) is 216 Å². The van der Waals surface area contributed by atoms with Crippen LogP contribution in [0.3, 0.4) is 0 Å². The summed E-state index contributed by atoms with van der Waals surface area (Å²) in [5.74, 6) is 3.95. The topological polar surface area (TPSA) is 51.4 Å². The molecule has 13 fully saturated rings. The van der Waals surface area contributed by atoms with E-state index in [0.717, 1.165) is 76.8 Å². The molecule has 0 radical (unpaired) electrons. The van der Waals surface area contributed by atoms with Crippen molar-refractivity contribution in [2.75, 3.05) is 26.2 Å². The third-order valence-electron chi connectivity index (χ3n) is 20.1. The van der Waals surface area contributed by atoms with Gasteiger partial charge in [0.25, 0.3) is 0 Å². The zero-order valence-electron chi connectivity index (χ0n) is 32.7. The molecule has 4 saturated heterocycles. The summed E-state index contributed by atoms with van der Waals surface area (Å²) < 4.78 is 0. The molecule has 4 heterocycles. The molecule has 10 atom stereocenters. The Bertz CT molecular complexity index is 1160. The average molecular weight is 700 g/mol. The minimum Gasteiger partial charge on any atom is -0.312 e. The maximum atomic E-state index is 4.07. The Morgan fingerprint density at radius 3 is 1.35 bits per heavy atom. The number of nitrogens with zero attached hydrogens (tertiary/aromatic N) is 1. The van der Waals surface area contributed by atoms with E-state index in [1.54, 1.807) is 77.0 Å². The van der Waals surface area contributed by atoms with Gasteiger partial charge in [0.05, 0.1) is 0 Å². The van der Waals surface area contributed by atoms with Gasteiger partial charge < -0.3 is 21.3 Å². The van der Waals surface area contributed by atoms with Gasteiger partial charge >= 0.3 is 0 Å². The Morgan fingerprint density at radius 1 is 0.373 bits per heavy atom. The van der Waals surface area contributed by atoms with Gasteiger partial charge in [-0.25, -0.2) is 0 Å². The smallest absolute Gasteiger partial charge is 0.0255 e. The van der Waals surface area contributed by atoms with Crippen molar-refractivity contribution in [3.63, 3.8) is 0 Å². The zero-order chi connectivity index (χ0) is 33.7. The highest BCUT2D eigenvalue weighted by Crippen LogP contribution is 2.76. The maximum absolute atomic E-state index is 4.07. The maximum Gasteiger partial charge on any atom is 0.0255 e. The van der Waals surface area contributed by atoms with Crippen molar-refractivity contribution in [1.82, 2.24) is 26.2 Å². The molecule has 5 nitrogen and oxygen atoms in total. The van der Waals surface area contributed by atoms with Crippen molar-refractivity contribution in [3.8, 4) is 0 Å². The van der Waals surface area contributed by atoms with E-state index in [1.807, 2.05) is 0 Å². The highest BCUT2D eigenvalue weighted by atomic mass is 15.2. The molecule has 5 heteroatoms. The monoisotopic (exact) mass is 700 g/mol. The number of nitrogens with one attached hydrogen (secondary N) is 4. The summed E-state index contributed by atoms with van der Waals surface area (Å²) in [6, 6.07) is 5.76. The minimum atomic E-state index is 0.697. The van der Waals surface area contributed by atoms with Crippen LogP contribution < -0.4 is 21.3 Å². The van der Waals surface area contributed by atoms with Crippen LogP contribution in [0.5, 0.6) is 0 Å². The number of hydrogen-bond donors (Lipinski definition) is 4. The standard InChI is InChI=1S/C46H77N5/c1-2-10-34(11-3-1)51(35-12-4-8-32(26-35)43-18-20-45(28-43,29-43)37-16-24-47-39-14-6-22-49-41(37)39)36-13-5-9-33(27-36)44-19-21-46(30-44,31-44)38-17-25-48-40-15-7-23-50-42(38)40/h32-42,47-50H,1-31H2. The van der Waals surface area contributed by atoms with Gasteiger partial charge in [0, 0.05) is 42.3 Å². The van der Waals surface area contributed by atoms with Gasteiger partial charge in [-0.05, 0) is 213 Å². The third-order valence-corrected chi connectivity index (χ3v) is 20.1. The molecule has 51 heavy (non-hydrogen) atoms. The van der Waals surface area contributed by atoms with E-state index in [9.17, 15) is 0 Å². The van der Waals surface area contributed by atoms with E-state index in [-0.39, 0.29) is 0 Å². The van der Waals surface area contributed by atoms with Gasteiger partial charge in [-0.3, -0.25) is 4.90 Å². The Balaban J connectivity index is 0.784. The van der Waals surface area contributed by atoms with E-state index in [2.05, 4.69) is 26.2 Å². The molecule has 0 spiro atoms. The highest BCUT2D eigenvalue weighted by Gasteiger charge is 2.69. The third kappa shape index (κ3) is 5.50. The quantitative estimate of drug-likeness (QED) is 0.216. The second-order valence-corrected chi connectivity index (χ2v) is 22.1. The van der Waals surface area contributed by atoms with Crippen LogP contribution in [-0.2, 0) is 0 Å². The molecule has 0 aromatic heterocycles. The van der Waals surface area contributed by atoms with Crippen LogP contribution in [0.4, 0.5) is 0 Å². The van der Waals surface area contributed by atoms with Crippen molar-refractivity contribution in [3.05, 3.63) is 0 Å². The number of piperidine rings is 4. The molecule has 0 amide bonds. The molecule has 10 unspecified atom stereocenters. The Morgan fingerprint density at radius 2 is 0.843 bits per heavy atom. The van der Waals surface area contributed by atoms with Crippen molar-refractivity contribution < 1.29 is 0 Å². The lowest BCUT2D eigenvalue weighted by molar-refractivity contribution is -0.104. The molecular formula is C46H77N5. The van der Waals surface area contributed by atoms with Crippen LogP contribution in [0.15, 0.2) is 0 Å². The molecule has 0 aromatic carbocycles. The van der Waals surface area contributed by atoms with Crippen LogP contribution in [0.1, 0.15) is 173 Å². The van der Waals surface area contributed by atoms with Gasteiger partial charge in [-0.2, -0.15) is 0 Å². The lowest BCUT2D eigenvalue weighted by Crippen LogP contribution is -2.64. The zero-order valence-corrected chi connectivity index (χ0v) is 32.7. The molecule has 9 aliphatic carbocycles. The predicted molar refractivity (Wildman–Crippen MR) is 209 cm³/mol. The molecule has 0 aromatic rings. The normalized spacial score (nSPS) is 54.3. The molecule has 13 aliphatic rings. The van der Waals surface area contributed by atoms with Gasteiger partial charge in [-0.15, -0.1) is 0 Å². The average Bonchev–Trinajstić information content (AvgIpc) is 3.95. The molecule has 13 rings (SSSR count). The van der Waals surface area contributed by atoms with E-state index in [4.69, 9.17) is 0 Å². The first-order valence-electron chi connectivity index (χ1n) is 23.8. The summed E-state index contributed by atoms with van der Waals surface area (Å²) in [7, 11) is 0. The summed E-state index contributed by atoms with van der Waals surface area (Å²) in [4.78, 5) is 3.37. The Labute approximate surface area is 312 Å². The van der Waals surface area contributed by atoms with Gasteiger partial charge in [0.1, 0.15) is 0 Å². The van der Waals surface area contributed by atoms with Crippen molar-refractivity contribution >= 4 is 0 Å². The Kier molecular flexibility index (Phi) is 8.82. The summed E-state index contributed by atoms with van der Waals surface area (Å²) in [5.41, 5.74) is 2.84. The van der Waals surface area contributed by atoms with Crippen LogP contribution in [0.25, 0.3) is 0 Å². The van der Waals surface area contributed by atoms with Gasteiger partial charge in [0.2, 0.25) is 0 Å². The molecule has 9 saturated carbocycles. The van der Waals surface area contributed by atoms with Crippen molar-refractivity contribution in [2.24, 2.45) is 45.3 Å². The van der Waals surface area contributed by atoms with E-state index < -0.39 is 0 Å². The molecule has 4 bridgehead atoms. The lowest BCUT2D eigenvalue weighted by Gasteiger charge is -2.61. The van der Waals surface area contributed by atoms with Crippen LogP contribution in [-0.4, -0.2) is 73.4 Å². The van der Waals surface area contributed by atoms with Crippen LogP contribution in [0.2, 0.25) is 0 Å². The fraction of sp³-hybridized carbons (Fsp3) is 1.00. The number of rotatable bonds is 7. The van der Waals surface area contributed by atoms with Gasteiger partial charge in [-0.1, -0.05) is 32.1 Å². The van der Waals surface area contributed by atoms with E-state index >= 15 is 0 Å². The van der Waals surface area contributed by atoms with Crippen LogP contribution >= 0.6 is 0 Å². The first-order chi connectivity index (χ1) is 25.1. The second kappa shape index (κ2) is 13.2. The van der Waals surface area contributed by atoms with Crippen molar-refractivity contribution in [1.29, 1.82) is 0 Å². The molecular weight excluding hydrogens is 623 g/mol. The van der Waals surface area contributed by atoms with E-state index in [1.165, 1.54) is 122 Å². The van der Waals surface area contributed by atoms with Gasteiger partial charge in [0.15, 0.2) is 0 Å². The molecule has 286 valence electrons. The highest BCUT2D eigenvalue weighted by molar-refractivity contribution is 5.20. The predicted octanol–water partition coefficient (Wildman–Crippen LogP) is 8.32. The summed E-state index contributed by atoms with van der Waals surface area (Å²) >= 11 is 0. The number of hydrogen-bond acceptors (Lipinski definition) is 5. The summed E-state index contributed by atoms with van der Waals surface area (Å²) in [6.07, 6.45) is 41.1. The molecule has 4 N–H and O–H groups in total. The first-order valence-corrected chi connectivity index (χ1v) is 23.8. The summed E-state index contributed by atoms with van der Waals surface area (Å²) in [5, 5.41) is 16.0. The fourth-order valence-electron chi connectivity index (χ4n) is 18.3.